The summed E-state index contributed by atoms with van der Waals surface area (Å²) < 4.78 is 31.2. The summed E-state index contributed by atoms with van der Waals surface area (Å²) in [7, 11) is -4.27. The van der Waals surface area contributed by atoms with Crippen LogP contribution in [-0.4, -0.2) is 31.8 Å². The van der Waals surface area contributed by atoms with Crippen molar-refractivity contribution in [3.8, 4) is 0 Å². The molecule has 0 saturated carbocycles. The van der Waals surface area contributed by atoms with Crippen molar-refractivity contribution >= 4 is 15.9 Å². The van der Waals surface area contributed by atoms with Gasteiger partial charge in [-0.2, -0.15) is 0 Å². The third-order valence-corrected chi connectivity index (χ3v) is 3.40. The topological polar surface area (TPSA) is 90.9 Å². The number of hydrogen-bond acceptors (Lipinski definition) is 4. The largest absolute Gasteiger partial charge is 0.744 e. The fourth-order valence-corrected chi connectivity index (χ4v) is 1.98. The number of carbonyl (C=O) groups excluding carboxylic acids is 1. The molecular weight excluding hydrogens is 254 g/mol. The van der Waals surface area contributed by atoms with Crippen LogP contribution in [-0.2, 0) is 14.9 Å². The normalized spacial score (nSPS) is 15.8. The van der Waals surface area contributed by atoms with Crippen LogP contribution in [0.4, 0.5) is 0 Å². The predicted octanol–water partition coefficient (Wildman–Crippen LogP) is -0.188. The lowest BCUT2D eigenvalue weighted by molar-refractivity contribution is -0.648. The van der Waals surface area contributed by atoms with Crippen molar-refractivity contribution in [1.29, 1.82) is 0 Å². The van der Waals surface area contributed by atoms with Crippen molar-refractivity contribution in [3.05, 3.63) is 29.8 Å². The molecule has 0 bridgehead atoms. The zero-order valence-electron chi connectivity index (χ0n) is 10.3. The van der Waals surface area contributed by atoms with Crippen molar-refractivity contribution in [2.24, 2.45) is 0 Å². The molecule has 0 aromatic heterocycles. The predicted molar refractivity (Wildman–Crippen MR) is 65.0 cm³/mol. The molecule has 1 saturated heterocycles. The molecule has 1 aromatic rings. The van der Waals surface area contributed by atoms with E-state index in [0.29, 0.717) is 5.78 Å². The van der Waals surface area contributed by atoms with Gasteiger partial charge in [-0.1, -0.05) is 17.7 Å². The van der Waals surface area contributed by atoms with E-state index in [1.165, 1.54) is 12.1 Å². The summed E-state index contributed by atoms with van der Waals surface area (Å²) >= 11 is 0. The molecule has 1 aromatic carbocycles. The van der Waals surface area contributed by atoms with E-state index in [0.717, 1.165) is 31.5 Å². The van der Waals surface area contributed by atoms with Crippen LogP contribution in [0.2, 0.25) is 0 Å². The third kappa shape index (κ3) is 5.39. The Kier molecular flexibility index (Phi) is 5.46. The average molecular weight is 271 g/mol. The van der Waals surface area contributed by atoms with Gasteiger partial charge in [0.05, 0.1) is 11.4 Å². The molecule has 0 atom stereocenters. The summed E-state index contributed by atoms with van der Waals surface area (Å²) in [4.78, 5) is 10.3. The molecule has 100 valence electrons. The number of Topliss-reactive ketones (excluding diaryl/α,β-unsaturated/α-hetero) is 1. The van der Waals surface area contributed by atoms with Crippen molar-refractivity contribution < 1.29 is 23.1 Å². The smallest absolute Gasteiger partial charge is 0.186 e. The number of ketones is 1. The molecular formula is C12H17NO4S. The molecule has 1 fully saturated rings. The van der Waals surface area contributed by atoms with Crippen LogP contribution in [0, 0.1) is 6.92 Å². The van der Waals surface area contributed by atoms with Crippen LogP contribution >= 0.6 is 0 Å². The van der Waals surface area contributed by atoms with Gasteiger partial charge in [0.15, 0.2) is 5.78 Å². The van der Waals surface area contributed by atoms with Crippen molar-refractivity contribution in [3.63, 3.8) is 0 Å². The van der Waals surface area contributed by atoms with Gasteiger partial charge in [0, 0.05) is 12.8 Å². The highest BCUT2D eigenvalue weighted by Gasteiger charge is 2.08. The van der Waals surface area contributed by atoms with Gasteiger partial charge in [-0.15, -0.1) is 0 Å². The Hall–Kier alpha value is -1.24. The van der Waals surface area contributed by atoms with E-state index in [1.54, 1.807) is 12.1 Å². The van der Waals surface area contributed by atoms with E-state index in [2.05, 4.69) is 5.32 Å². The first-order valence-electron chi connectivity index (χ1n) is 5.75. The van der Waals surface area contributed by atoms with Crippen molar-refractivity contribution in [1.82, 2.24) is 0 Å². The van der Waals surface area contributed by atoms with E-state index >= 15 is 0 Å². The van der Waals surface area contributed by atoms with Crippen LogP contribution in [0.1, 0.15) is 18.4 Å². The van der Waals surface area contributed by atoms with Crippen molar-refractivity contribution in [2.45, 2.75) is 24.7 Å². The molecule has 0 spiro atoms. The number of benzene rings is 1. The number of rotatable bonds is 1. The summed E-state index contributed by atoms with van der Waals surface area (Å²) in [6, 6.07) is 5.78. The van der Waals surface area contributed by atoms with Gasteiger partial charge in [0.1, 0.15) is 16.7 Å². The Morgan fingerprint density at radius 3 is 2.17 bits per heavy atom. The van der Waals surface area contributed by atoms with E-state index < -0.39 is 10.1 Å². The second-order valence-electron chi connectivity index (χ2n) is 4.19. The maximum Gasteiger partial charge on any atom is 0.186 e. The lowest BCUT2D eigenvalue weighted by Gasteiger charge is -2.05. The van der Waals surface area contributed by atoms with E-state index in [9.17, 15) is 17.8 Å². The van der Waals surface area contributed by atoms with Crippen LogP contribution in [0.15, 0.2) is 29.2 Å². The SMILES string of the molecule is Cc1ccc(S(=O)(=O)[O-])cc1.O=C1CCC[NH2+]C1. The van der Waals surface area contributed by atoms with E-state index in [-0.39, 0.29) is 4.90 Å². The van der Waals surface area contributed by atoms with Crippen LogP contribution < -0.4 is 5.32 Å². The van der Waals surface area contributed by atoms with Crippen LogP contribution in [0.25, 0.3) is 0 Å². The molecule has 0 amide bonds. The van der Waals surface area contributed by atoms with Gasteiger partial charge in [0.2, 0.25) is 0 Å². The summed E-state index contributed by atoms with van der Waals surface area (Å²) in [5.74, 6) is 0.409. The highest BCUT2D eigenvalue weighted by Crippen LogP contribution is 2.08. The molecule has 6 heteroatoms. The quantitative estimate of drug-likeness (QED) is 0.717. The summed E-state index contributed by atoms with van der Waals surface area (Å²) in [6.07, 6.45) is 1.90. The third-order valence-electron chi connectivity index (χ3n) is 2.55. The molecule has 0 aliphatic carbocycles. The van der Waals surface area contributed by atoms with Gasteiger partial charge in [-0.3, -0.25) is 4.79 Å². The van der Waals surface area contributed by atoms with Gasteiger partial charge in [0.25, 0.3) is 0 Å². The van der Waals surface area contributed by atoms with E-state index in [4.69, 9.17) is 0 Å². The number of piperidine rings is 1. The number of aryl methyl sites for hydroxylation is 1. The Morgan fingerprint density at radius 2 is 1.83 bits per heavy atom. The zero-order valence-corrected chi connectivity index (χ0v) is 11.1. The molecule has 0 radical (unpaired) electrons. The highest BCUT2D eigenvalue weighted by molar-refractivity contribution is 7.85. The molecule has 2 rings (SSSR count). The van der Waals surface area contributed by atoms with Gasteiger partial charge in [-0.05, 0) is 19.1 Å². The van der Waals surface area contributed by atoms with Crippen LogP contribution in [0.5, 0.6) is 0 Å². The minimum Gasteiger partial charge on any atom is -0.744 e. The van der Waals surface area contributed by atoms with Gasteiger partial charge in [-0.25, -0.2) is 8.42 Å². The van der Waals surface area contributed by atoms with Crippen molar-refractivity contribution in [2.75, 3.05) is 13.1 Å². The lowest BCUT2D eigenvalue weighted by atomic mass is 10.1. The second kappa shape index (κ2) is 6.63. The maximum absolute atomic E-state index is 10.4. The average Bonchev–Trinajstić information content (AvgIpc) is 2.30. The lowest BCUT2D eigenvalue weighted by Crippen LogP contribution is -2.87. The molecule has 5 nitrogen and oxygen atoms in total. The molecule has 1 aliphatic rings. The van der Waals surface area contributed by atoms with E-state index in [1.807, 2.05) is 6.92 Å². The first-order valence-corrected chi connectivity index (χ1v) is 7.16. The highest BCUT2D eigenvalue weighted by atomic mass is 32.2. The molecule has 2 N–H and O–H groups in total. The minimum atomic E-state index is -4.27. The number of carbonyl (C=O) groups is 1. The standard InChI is InChI=1S/C7H8O3S.C5H9NO/c1-6-2-4-7(5-3-6)11(8,9)10;7-5-2-1-3-6-4-5/h2-5H,1H3,(H,8,9,10);6H,1-4H2. The Bertz CT molecular complexity index is 485. The Balaban J connectivity index is 0.000000199. The molecule has 18 heavy (non-hydrogen) atoms. The van der Waals surface area contributed by atoms with Crippen LogP contribution in [0.3, 0.4) is 0 Å². The Labute approximate surface area is 107 Å². The summed E-state index contributed by atoms with van der Waals surface area (Å²) in [6.45, 7) is 3.69. The zero-order chi connectivity index (χ0) is 13.6. The minimum absolute atomic E-state index is 0.178. The summed E-state index contributed by atoms with van der Waals surface area (Å²) in [5.41, 5.74) is 0.928. The fourth-order valence-electron chi connectivity index (χ4n) is 1.51. The first kappa shape index (κ1) is 14.8. The first-order chi connectivity index (χ1) is 8.39. The van der Waals surface area contributed by atoms with Gasteiger partial charge >= 0.3 is 0 Å². The molecule has 1 aliphatic heterocycles. The number of quaternary nitrogens is 1. The summed E-state index contributed by atoms with van der Waals surface area (Å²) in [5, 5.41) is 2.06. The number of nitrogens with two attached hydrogens (primary N) is 1. The van der Waals surface area contributed by atoms with Gasteiger partial charge < -0.3 is 9.87 Å². The maximum atomic E-state index is 10.4. The second-order valence-corrected chi connectivity index (χ2v) is 5.57. The molecule has 0 unspecified atom stereocenters. The Morgan fingerprint density at radius 1 is 1.22 bits per heavy atom. The monoisotopic (exact) mass is 271 g/mol. The number of hydrogen-bond donors (Lipinski definition) is 1. The fraction of sp³-hybridized carbons (Fsp3) is 0.417. The molecule has 1 heterocycles.